The molecule has 0 aliphatic heterocycles. The highest BCUT2D eigenvalue weighted by Crippen LogP contribution is 2.18. The Morgan fingerprint density at radius 3 is 2.12 bits per heavy atom. The molecule has 0 aliphatic rings. The number of benzene rings is 2. The van der Waals surface area contributed by atoms with Crippen molar-refractivity contribution in [2.75, 3.05) is 16.0 Å². The van der Waals surface area contributed by atoms with Crippen LogP contribution >= 0.6 is 0 Å². The van der Waals surface area contributed by atoms with Crippen LogP contribution in [0.25, 0.3) is 0 Å². The molecule has 0 saturated heterocycles. The summed E-state index contributed by atoms with van der Waals surface area (Å²) in [7, 11) is 0. The number of carbonyl (C=O) groups excluding carboxylic acids is 2. The Bertz CT molecular complexity index is 803. The Kier molecular flexibility index (Phi) is 6.26. The van der Waals surface area contributed by atoms with Gasteiger partial charge in [-0.2, -0.15) is 0 Å². The molecular weight excluding hydrogens is 336 g/mol. The Morgan fingerprint density at radius 2 is 1.54 bits per heavy atom. The Morgan fingerprint density at radius 1 is 0.962 bits per heavy atom. The van der Waals surface area contributed by atoms with Gasteiger partial charge in [-0.1, -0.05) is 19.9 Å². The fourth-order valence-electron chi connectivity index (χ4n) is 2.21. The van der Waals surface area contributed by atoms with Crippen molar-refractivity contribution in [3.05, 3.63) is 58.6 Å². The minimum atomic E-state index is -0.532. The fraction of sp³-hybridized carbons (Fsp3) is 0.222. The summed E-state index contributed by atoms with van der Waals surface area (Å²) < 4.78 is 0. The lowest BCUT2D eigenvalue weighted by Gasteiger charge is -2.10. The molecule has 0 saturated carbocycles. The van der Waals surface area contributed by atoms with E-state index in [-0.39, 0.29) is 17.5 Å². The molecule has 2 aromatic carbocycles. The molecule has 0 atom stereocenters. The number of hydrogen-bond acceptors (Lipinski definition) is 4. The highest BCUT2D eigenvalue weighted by atomic mass is 16.6. The van der Waals surface area contributed by atoms with Gasteiger partial charge in [0.1, 0.15) is 0 Å². The molecular formula is C18H20N4O4. The number of nitro groups is 1. The molecule has 26 heavy (non-hydrogen) atoms. The maximum absolute atomic E-state index is 12.0. The molecule has 136 valence electrons. The van der Waals surface area contributed by atoms with Crippen molar-refractivity contribution in [1.82, 2.24) is 0 Å². The number of urea groups is 1. The van der Waals surface area contributed by atoms with Gasteiger partial charge in [-0.05, 0) is 36.2 Å². The van der Waals surface area contributed by atoms with Gasteiger partial charge in [0, 0.05) is 35.6 Å². The van der Waals surface area contributed by atoms with Crippen molar-refractivity contribution < 1.29 is 14.5 Å². The van der Waals surface area contributed by atoms with Crippen molar-refractivity contribution in [1.29, 1.82) is 0 Å². The second kappa shape index (κ2) is 8.61. The maximum Gasteiger partial charge on any atom is 0.323 e. The summed E-state index contributed by atoms with van der Waals surface area (Å²) in [6.07, 6.45) is 0.436. The molecule has 8 nitrogen and oxygen atoms in total. The number of rotatable bonds is 6. The lowest BCUT2D eigenvalue weighted by atomic mass is 10.1. The molecule has 3 N–H and O–H groups in total. The molecule has 0 fully saturated rings. The lowest BCUT2D eigenvalue weighted by molar-refractivity contribution is -0.384. The van der Waals surface area contributed by atoms with Crippen LogP contribution in [0.2, 0.25) is 0 Å². The molecule has 2 rings (SSSR count). The summed E-state index contributed by atoms with van der Waals surface area (Å²) in [5, 5.41) is 18.7. The van der Waals surface area contributed by atoms with Gasteiger partial charge in [-0.25, -0.2) is 4.79 Å². The van der Waals surface area contributed by atoms with Gasteiger partial charge in [0.25, 0.3) is 5.69 Å². The standard InChI is InChI=1S/C18H20N4O4/c1-12(2)10-17(23)19-13-6-8-14(9-7-13)20-18(24)21-15-4-3-5-16(11-15)22(25)26/h3-9,11-12H,10H2,1-2H3,(H,19,23)(H2,20,21,24). The minimum absolute atomic E-state index is 0.0656. The maximum atomic E-state index is 12.0. The number of nitrogens with zero attached hydrogens (tertiary/aromatic N) is 1. The minimum Gasteiger partial charge on any atom is -0.326 e. The van der Waals surface area contributed by atoms with E-state index in [1.165, 1.54) is 18.2 Å². The predicted molar refractivity (Wildman–Crippen MR) is 100 cm³/mol. The third kappa shape index (κ3) is 5.90. The average Bonchev–Trinajstić information content (AvgIpc) is 2.56. The van der Waals surface area contributed by atoms with Crippen LogP contribution in [0.1, 0.15) is 20.3 Å². The van der Waals surface area contributed by atoms with Crippen molar-refractivity contribution in [3.63, 3.8) is 0 Å². The molecule has 0 radical (unpaired) electrons. The van der Waals surface area contributed by atoms with E-state index in [9.17, 15) is 19.7 Å². The SMILES string of the molecule is CC(C)CC(=O)Nc1ccc(NC(=O)Nc2cccc([N+](=O)[O-])c2)cc1. The van der Waals surface area contributed by atoms with Crippen LogP contribution in [0.3, 0.4) is 0 Å². The van der Waals surface area contributed by atoms with E-state index in [2.05, 4.69) is 16.0 Å². The Balaban J connectivity index is 1.92. The van der Waals surface area contributed by atoms with Crippen LogP contribution in [0.5, 0.6) is 0 Å². The van der Waals surface area contributed by atoms with E-state index in [1.54, 1.807) is 30.3 Å². The zero-order chi connectivity index (χ0) is 19.1. The first-order chi connectivity index (χ1) is 12.3. The first kappa shape index (κ1) is 18.9. The molecule has 0 aromatic heterocycles. The number of nitrogens with one attached hydrogen (secondary N) is 3. The van der Waals surface area contributed by atoms with E-state index in [0.29, 0.717) is 23.5 Å². The van der Waals surface area contributed by atoms with Gasteiger partial charge in [-0.15, -0.1) is 0 Å². The molecule has 3 amide bonds. The summed E-state index contributed by atoms with van der Waals surface area (Å²) in [5.41, 5.74) is 1.37. The van der Waals surface area contributed by atoms with E-state index < -0.39 is 11.0 Å². The van der Waals surface area contributed by atoms with Gasteiger partial charge in [0.15, 0.2) is 0 Å². The fourth-order valence-corrected chi connectivity index (χ4v) is 2.21. The van der Waals surface area contributed by atoms with Crippen molar-refractivity contribution in [2.24, 2.45) is 5.92 Å². The van der Waals surface area contributed by atoms with Gasteiger partial charge in [0.05, 0.1) is 4.92 Å². The average molecular weight is 356 g/mol. The first-order valence-electron chi connectivity index (χ1n) is 8.06. The monoisotopic (exact) mass is 356 g/mol. The zero-order valence-corrected chi connectivity index (χ0v) is 14.5. The highest BCUT2D eigenvalue weighted by Gasteiger charge is 2.09. The quantitative estimate of drug-likeness (QED) is 0.531. The summed E-state index contributed by atoms with van der Waals surface area (Å²) >= 11 is 0. The van der Waals surface area contributed by atoms with Crippen LogP contribution in [0.15, 0.2) is 48.5 Å². The normalized spacial score (nSPS) is 10.3. The van der Waals surface area contributed by atoms with Crippen LogP contribution in [0.4, 0.5) is 27.5 Å². The third-order valence-corrected chi connectivity index (χ3v) is 3.34. The summed E-state index contributed by atoms with van der Waals surface area (Å²) in [6.45, 7) is 3.93. The molecule has 0 aliphatic carbocycles. The molecule has 0 bridgehead atoms. The van der Waals surface area contributed by atoms with Gasteiger partial charge in [-0.3, -0.25) is 14.9 Å². The molecule has 2 aromatic rings. The number of hydrogen-bond donors (Lipinski definition) is 3. The number of nitro benzene ring substituents is 1. The first-order valence-corrected chi connectivity index (χ1v) is 8.06. The van der Waals surface area contributed by atoms with E-state index in [0.717, 1.165) is 0 Å². The second-order valence-corrected chi connectivity index (χ2v) is 6.11. The van der Waals surface area contributed by atoms with Crippen LogP contribution in [-0.2, 0) is 4.79 Å². The highest BCUT2D eigenvalue weighted by molar-refractivity contribution is 6.00. The van der Waals surface area contributed by atoms with Crippen LogP contribution in [0, 0.1) is 16.0 Å². The second-order valence-electron chi connectivity index (χ2n) is 6.11. The largest absolute Gasteiger partial charge is 0.326 e. The van der Waals surface area contributed by atoms with E-state index in [4.69, 9.17) is 0 Å². The predicted octanol–water partition coefficient (Wildman–Crippen LogP) is 4.22. The molecule has 0 spiro atoms. The molecule has 0 heterocycles. The smallest absolute Gasteiger partial charge is 0.323 e. The van der Waals surface area contributed by atoms with Crippen molar-refractivity contribution >= 4 is 34.7 Å². The summed E-state index contributed by atoms with van der Waals surface area (Å²) in [5.74, 6) is 0.206. The molecule has 8 heteroatoms. The summed E-state index contributed by atoms with van der Waals surface area (Å²) in [6, 6.07) is 11.8. The van der Waals surface area contributed by atoms with Crippen LogP contribution in [-0.4, -0.2) is 16.9 Å². The number of amides is 3. The van der Waals surface area contributed by atoms with Gasteiger partial charge < -0.3 is 16.0 Å². The van der Waals surface area contributed by atoms with Gasteiger partial charge >= 0.3 is 6.03 Å². The number of anilines is 3. The van der Waals surface area contributed by atoms with Crippen molar-refractivity contribution in [3.8, 4) is 0 Å². The zero-order valence-electron chi connectivity index (χ0n) is 14.5. The third-order valence-electron chi connectivity index (χ3n) is 3.34. The Labute approximate surface area is 150 Å². The van der Waals surface area contributed by atoms with E-state index >= 15 is 0 Å². The lowest BCUT2D eigenvalue weighted by Crippen LogP contribution is -2.19. The van der Waals surface area contributed by atoms with Gasteiger partial charge in [0.2, 0.25) is 5.91 Å². The number of carbonyl (C=O) groups is 2. The van der Waals surface area contributed by atoms with E-state index in [1.807, 2.05) is 13.8 Å². The number of non-ortho nitro benzene ring substituents is 1. The van der Waals surface area contributed by atoms with Crippen LogP contribution < -0.4 is 16.0 Å². The summed E-state index contributed by atoms with van der Waals surface area (Å²) in [4.78, 5) is 33.9. The molecule has 0 unspecified atom stereocenters. The van der Waals surface area contributed by atoms with Crippen molar-refractivity contribution in [2.45, 2.75) is 20.3 Å². The topological polar surface area (TPSA) is 113 Å². The Hall–Kier alpha value is -3.42.